The van der Waals surface area contributed by atoms with E-state index in [1.54, 1.807) is 17.5 Å². The van der Waals surface area contributed by atoms with Crippen LogP contribution in [-0.2, 0) is 6.42 Å². The molecule has 1 aliphatic rings. The van der Waals surface area contributed by atoms with E-state index in [0.717, 1.165) is 32.2 Å². The van der Waals surface area contributed by atoms with Gasteiger partial charge in [0.2, 0.25) is 5.95 Å². The van der Waals surface area contributed by atoms with Crippen LogP contribution < -0.4 is 10.6 Å². The summed E-state index contributed by atoms with van der Waals surface area (Å²) in [5.74, 6) is 1.09. The molecule has 2 aromatic heterocycles. The third kappa shape index (κ3) is 4.51. The molecule has 1 fully saturated rings. The number of thiophene rings is 1. The molecule has 6 nitrogen and oxygen atoms in total. The maximum atomic E-state index is 10.1. The number of nitriles is 1. The Morgan fingerprint density at radius 2 is 2.31 bits per heavy atom. The highest BCUT2D eigenvalue weighted by molar-refractivity contribution is 7.09. The normalized spacial score (nSPS) is 21.8. The standard InChI is InChI=1S/C19H25N5OS.H2/c1-19(2)10-14(5-6-16(19)25)23-17-13(11-20)12-22-18(24-17)21-8-7-15-4-3-9-26-15;/h3-4,9,12,14,16,25H,5-8,10H2,1-2H3,(H2,21,22,23,24);1H/t14-,16+;/m1./s1. The van der Waals surface area contributed by atoms with E-state index in [4.69, 9.17) is 0 Å². The second-order valence-corrected chi connectivity index (χ2v) is 8.48. The number of nitrogens with zero attached hydrogens (tertiary/aromatic N) is 3. The van der Waals surface area contributed by atoms with Gasteiger partial charge >= 0.3 is 0 Å². The van der Waals surface area contributed by atoms with Crippen molar-refractivity contribution in [2.45, 2.75) is 51.7 Å². The quantitative estimate of drug-likeness (QED) is 0.715. The maximum absolute atomic E-state index is 10.1. The van der Waals surface area contributed by atoms with E-state index in [9.17, 15) is 10.4 Å². The third-order valence-electron chi connectivity index (χ3n) is 4.95. The summed E-state index contributed by atoms with van der Waals surface area (Å²) in [6, 6.07) is 6.50. The second kappa shape index (κ2) is 8.02. The van der Waals surface area contributed by atoms with Gasteiger partial charge in [0.05, 0.1) is 12.3 Å². The molecule has 7 heteroatoms. The molecule has 0 aliphatic heterocycles. The van der Waals surface area contributed by atoms with Gasteiger partial charge in [-0.15, -0.1) is 11.3 Å². The highest BCUT2D eigenvalue weighted by Crippen LogP contribution is 2.36. The summed E-state index contributed by atoms with van der Waals surface area (Å²) in [6.07, 6.45) is 4.65. The minimum Gasteiger partial charge on any atom is -0.393 e. The van der Waals surface area contributed by atoms with Crippen molar-refractivity contribution in [2.75, 3.05) is 17.2 Å². The van der Waals surface area contributed by atoms with Crippen molar-refractivity contribution < 1.29 is 6.53 Å². The summed E-state index contributed by atoms with van der Waals surface area (Å²) in [7, 11) is 0. The third-order valence-corrected chi connectivity index (χ3v) is 5.88. The van der Waals surface area contributed by atoms with Crippen LogP contribution in [0.3, 0.4) is 0 Å². The molecular formula is C19H27N5OS. The van der Waals surface area contributed by atoms with Gasteiger partial charge in [-0.2, -0.15) is 10.2 Å². The number of aromatic nitrogens is 2. The Balaban J connectivity index is 0.00000261. The Bertz CT molecular complexity index is 775. The number of hydrogen-bond acceptors (Lipinski definition) is 7. The molecule has 0 saturated heterocycles. The molecular weight excluding hydrogens is 346 g/mol. The smallest absolute Gasteiger partial charge is 0.224 e. The van der Waals surface area contributed by atoms with Gasteiger partial charge < -0.3 is 15.7 Å². The van der Waals surface area contributed by atoms with E-state index in [0.29, 0.717) is 17.3 Å². The SMILES string of the molecule is CC1(C)C[C@H](Nc2nc(NCCc3cccs3)ncc2C#N)CC[C@@H]1O.[HH]. The highest BCUT2D eigenvalue weighted by atomic mass is 32.1. The summed E-state index contributed by atoms with van der Waals surface area (Å²) in [5.41, 5.74) is 0.301. The minimum absolute atomic E-state index is 0. The van der Waals surface area contributed by atoms with Gasteiger partial charge in [0, 0.05) is 18.9 Å². The lowest BCUT2D eigenvalue weighted by molar-refractivity contribution is 0.00926. The summed E-state index contributed by atoms with van der Waals surface area (Å²) in [6.45, 7) is 4.90. The van der Waals surface area contributed by atoms with Gasteiger partial charge in [0.15, 0.2) is 0 Å². The zero-order valence-corrected chi connectivity index (χ0v) is 16.0. The van der Waals surface area contributed by atoms with Gasteiger partial charge in [-0.25, -0.2) is 4.98 Å². The topological polar surface area (TPSA) is 93.9 Å². The molecule has 2 aromatic rings. The monoisotopic (exact) mass is 373 g/mol. The molecule has 26 heavy (non-hydrogen) atoms. The summed E-state index contributed by atoms with van der Waals surface area (Å²) in [5, 5.41) is 28.2. The van der Waals surface area contributed by atoms with Crippen LogP contribution in [-0.4, -0.2) is 33.8 Å². The first-order valence-electron chi connectivity index (χ1n) is 8.96. The van der Waals surface area contributed by atoms with E-state index in [-0.39, 0.29) is 19.0 Å². The molecule has 0 spiro atoms. The van der Waals surface area contributed by atoms with Crippen LogP contribution in [0, 0.1) is 16.7 Å². The number of rotatable bonds is 6. The molecule has 140 valence electrons. The largest absolute Gasteiger partial charge is 0.393 e. The Morgan fingerprint density at radius 3 is 3.00 bits per heavy atom. The predicted molar refractivity (Wildman–Crippen MR) is 106 cm³/mol. The van der Waals surface area contributed by atoms with Crippen molar-refractivity contribution in [3.8, 4) is 6.07 Å². The molecule has 1 saturated carbocycles. The lowest BCUT2D eigenvalue weighted by Gasteiger charge is -2.40. The Morgan fingerprint density at radius 1 is 1.46 bits per heavy atom. The predicted octanol–water partition coefficient (Wildman–Crippen LogP) is 3.66. The van der Waals surface area contributed by atoms with Crippen molar-refractivity contribution in [3.05, 3.63) is 34.2 Å². The van der Waals surface area contributed by atoms with Crippen LogP contribution in [0.1, 0.15) is 45.0 Å². The van der Waals surface area contributed by atoms with Gasteiger partial charge in [-0.3, -0.25) is 0 Å². The molecule has 2 heterocycles. The van der Waals surface area contributed by atoms with Crippen molar-refractivity contribution in [1.29, 1.82) is 5.26 Å². The average molecular weight is 374 g/mol. The van der Waals surface area contributed by atoms with Crippen molar-refractivity contribution in [1.82, 2.24) is 9.97 Å². The maximum Gasteiger partial charge on any atom is 0.224 e. The van der Waals surface area contributed by atoms with Crippen LogP contribution in [0.4, 0.5) is 11.8 Å². The number of aliphatic hydroxyl groups excluding tert-OH is 1. The minimum atomic E-state index is -0.282. The molecule has 0 radical (unpaired) electrons. The molecule has 0 aromatic carbocycles. The molecule has 3 rings (SSSR count). The first kappa shape index (κ1) is 18.6. The molecule has 0 amide bonds. The lowest BCUT2D eigenvalue weighted by Crippen LogP contribution is -2.41. The van der Waals surface area contributed by atoms with E-state index in [1.807, 2.05) is 6.07 Å². The molecule has 3 N–H and O–H groups in total. The molecule has 2 atom stereocenters. The van der Waals surface area contributed by atoms with Gasteiger partial charge in [0.25, 0.3) is 0 Å². The zero-order chi connectivity index (χ0) is 18.6. The van der Waals surface area contributed by atoms with Crippen molar-refractivity contribution >= 4 is 23.1 Å². The van der Waals surface area contributed by atoms with Gasteiger partial charge in [-0.05, 0) is 42.5 Å². The highest BCUT2D eigenvalue weighted by Gasteiger charge is 2.35. The molecule has 1 aliphatic carbocycles. The fraction of sp³-hybridized carbons (Fsp3) is 0.526. The fourth-order valence-electron chi connectivity index (χ4n) is 3.35. The van der Waals surface area contributed by atoms with Crippen LogP contribution >= 0.6 is 11.3 Å². The van der Waals surface area contributed by atoms with Gasteiger partial charge in [0.1, 0.15) is 17.5 Å². The van der Waals surface area contributed by atoms with Crippen LogP contribution in [0.5, 0.6) is 0 Å². The fourth-order valence-corrected chi connectivity index (χ4v) is 4.06. The Kier molecular flexibility index (Phi) is 5.74. The first-order valence-corrected chi connectivity index (χ1v) is 9.84. The summed E-state index contributed by atoms with van der Waals surface area (Å²) in [4.78, 5) is 10.1. The lowest BCUT2D eigenvalue weighted by atomic mass is 9.73. The van der Waals surface area contributed by atoms with Gasteiger partial charge in [-0.1, -0.05) is 19.9 Å². The number of nitrogens with one attached hydrogen (secondary N) is 2. The Labute approximate surface area is 159 Å². The van der Waals surface area contributed by atoms with Crippen molar-refractivity contribution in [2.24, 2.45) is 5.41 Å². The summed E-state index contributed by atoms with van der Waals surface area (Å²) < 4.78 is 0. The number of hydrogen-bond donors (Lipinski definition) is 3. The first-order chi connectivity index (χ1) is 12.5. The molecule has 0 unspecified atom stereocenters. The van der Waals surface area contributed by atoms with E-state index in [2.05, 4.69) is 52.0 Å². The van der Waals surface area contributed by atoms with E-state index in [1.165, 1.54) is 4.88 Å². The zero-order valence-electron chi connectivity index (χ0n) is 15.2. The molecule has 0 bridgehead atoms. The van der Waals surface area contributed by atoms with Crippen LogP contribution in [0.2, 0.25) is 0 Å². The average Bonchev–Trinajstić information content (AvgIpc) is 3.12. The van der Waals surface area contributed by atoms with Crippen LogP contribution in [0.25, 0.3) is 0 Å². The van der Waals surface area contributed by atoms with Crippen LogP contribution in [0.15, 0.2) is 23.7 Å². The van der Waals surface area contributed by atoms with E-state index < -0.39 is 0 Å². The van der Waals surface area contributed by atoms with E-state index >= 15 is 0 Å². The Hall–Kier alpha value is -2.17. The van der Waals surface area contributed by atoms with Crippen molar-refractivity contribution in [3.63, 3.8) is 0 Å². The number of aliphatic hydroxyl groups is 1. The number of anilines is 2. The second-order valence-electron chi connectivity index (χ2n) is 7.45. The summed E-state index contributed by atoms with van der Waals surface area (Å²) >= 11 is 1.73.